The number of aromatic carboxylic acids is 1. The number of benzene rings is 2. The number of rotatable bonds is 8. The number of alkyl carbamates (subject to hydrolysis) is 1. The van der Waals surface area contributed by atoms with Gasteiger partial charge in [-0.1, -0.05) is 55.5 Å². The molecule has 9 nitrogen and oxygen atoms in total. The fraction of sp³-hybridized carbons (Fsp3) is 0.280. The Hall–Kier alpha value is -4.14. The van der Waals surface area contributed by atoms with Gasteiger partial charge in [0.1, 0.15) is 6.61 Å². The Kier molecular flexibility index (Phi) is 6.62. The number of aromatic nitrogens is 2. The summed E-state index contributed by atoms with van der Waals surface area (Å²) in [6, 6.07) is 16.2. The maximum atomic E-state index is 12.6. The van der Waals surface area contributed by atoms with Gasteiger partial charge in [0.05, 0.1) is 17.8 Å². The van der Waals surface area contributed by atoms with E-state index in [4.69, 9.17) is 4.74 Å². The van der Waals surface area contributed by atoms with Gasteiger partial charge >= 0.3 is 12.1 Å². The van der Waals surface area contributed by atoms with Gasteiger partial charge in [-0.25, -0.2) is 9.59 Å². The molecule has 34 heavy (non-hydrogen) atoms. The first kappa shape index (κ1) is 23.0. The monoisotopic (exact) mass is 462 g/mol. The standard InChI is InChI=1S/C25H26N4O5/c1-3-15(23(30)28-21-13-27-29(2)22(21)24(31)32)12-26-25(33)34-14-20-18-10-6-4-8-16(18)17-9-5-7-11-19(17)20/h4-11,13,15,20H,3,12,14H2,1-2H3,(H,26,33)(H,28,30)(H,31,32). The molecule has 4 rings (SSSR count). The number of carboxylic acid groups (broad SMARTS) is 1. The number of aryl methyl sites for hydroxylation is 1. The largest absolute Gasteiger partial charge is 0.476 e. The Balaban J connectivity index is 1.34. The van der Waals surface area contributed by atoms with E-state index in [0.717, 1.165) is 22.3 Å². The average molecular weight is 463 g/mol. The molecule has 0 saturated heterocycles. The molecule has 0 fully saturated rings. The van der Waals surface area contributed by atoms with E-state index < -0.39 is 23.9 Å². The zero-order chi connectivity index (χ0) is 24.2. The minimum atomic E-state index is -1.19. The number of nitrogens with zero attached hydrogens (tertiary/aromatic N) is 2. The van der Waals surface area contributed by atoms with E-state index in [1.807, 2.05) is 43.3 Å². The van der Waals surface area contributed by atoms with Crippen LogP contribution in [-0.4, -0.2) is 46.0 Å². The van der Waals surface area contributed by atoms with Gasteiger partial charge in [0.15, 0.2) is 5.69 Å². The first-order chi connectivity index (χ1) is 16.4. The minimum Gasteiger partial charge on any atom is -0.476 e. The second-order valence-corrected chi connectivity index (χ2v) is 8.14. The molecule has 1 heterocycles. The van der Waals surface area contributed by atoms with Crippen LogP contribution in [0.5, 0.6) is 0 Å². The summed E-state index contributed by atoms with van der Waals surface area (Å²) >= 11 is 0. The molecule has 1 unspecified atom stereocenters. The second-order valence-electron chi connectivity index (χ2n) is 8.14. The van der Waals surface area contributed by atoms with E-state index in [0.29, 0.717) is 6.42 Å². The van der Waals surface area contributed by atoms with Crippen molar-refractivity contribution < 1.29 is 24.2 Å². The molecule has 2 aromatic carbocycles. The van der Waals surface area contributed by atoms with Crippen molar-refractivity contribution in [2.45, 2.75) is 19.3 Å². The SMILES string of the molecule is CCC(CNC(=O)OCC1c2ccccc2-c2ccccc21)C(=O)Nc1cnn(C)c1C(=O)O. The van der Waals surface area contributed by atoms with Gasteiger partial charge in [-0.15, -0.1) is 0 Å². The van der Waals surface area contributed by atoms with E-state index in [9.17, 15) is 19.5 Å². The average Bonchev–Trinajstić information content (AvgIpc) is 3.35. The predicted molar refractivity (Wildman–Crippen MR) is 126 cm³/mol. The molecule has 3 aromatic rings. The van der Waals surface area contributed by atoms with Crippen molar-refractivity contribution >= 4 is 23.7 Å². The first-order valence-electron chi connectivity index (χ1n) is 11.1. The van der Waals surface area contributed by atoms with Gasteiger partial charge in [0.2, 0.25) is 5.91 Å². The third kappa shape index (κ3) is 4.50. The number of hydrogen-bond donors (Lipinski definition) is 3. The van der Waals surface area contributed by atoms with E-state index >= 15 is 0 Å². The number of hydrogen-bond acceptors (Lipinski definition) is 5. The predicted octanol–water partition coefficient (Wildman–Crippen LogP) is 3.62. The summed E-state index contributed by atoms with van der Waals surface area (Å²) in [5, 5.41) is 18.4. The van der Waals surface area contributed by atoms with Crippen LogP contribution in [0.1, 0.15) is 40.9 Å². The molecule has 0 aliphatic heterocycles. The summed E-state index contributed by atoms with van der Waals surface area (Å²) < 4.78 is 6.69. The van der Waals surface area contributed by atoms with Crippen LogP contribution in [0.25, 0.3) is 11.1 Å². The normalized spacial score (nSPS) is 13.0. The van der Waals surface area contributed by atoms with E-state index in [-0.39, 0.29) is 30.5 Å². The molecule has 3 N–H and O–H groups in total. The smallest absolute Gasteiger partial charge is 0.407 e. The van der Waals surface area contributed by atoms with Crippen LogP contribution in [0.4, 0.5) is 10.5 Å². The van der Waals surface area contributed by atoms with Crippen LogP contribution >= 0.6 is 0 Å². The van der Waals surface area contributed by atoms with E-state index in [1.165, 1.54) is 17.9 Å². The highest BCUT2D eigenvalue weighted by Crippen LogP contribution is 2.44. The van der Waals surface area contributed by atoms with Crippen LogP contribution in [0.3, 0.4) is 0 Å². The summed E-state index contributed by atoms with van der Waals surface area (Å²) in [4.78, 5) is 36.5. The molecular weight excluding hydrogens is 436 g/mol. The first-order valence-corrected chi connectivity index (χ1v) is 11.1. The lowest BCUT2D eigenvalue weighted by atomic mass is 9.98. The number of amides is 2. The van der Waals surface area contributed by atoms with Gasteiger partial charge in [-0.05, 0) is 28.7 Å². The van der Waals surface area contributed by atoms with Gasteiger partial charge in [-0.3, -0.25) is 9.48 Å². The van der Waals surface area contributed by atoms with Gasteiger partial charge in [0, 0.05) is 19.5 Å². The van der Waals surface area contributed by atoms with Crippen molar-refractivity contribution in [1.29, 1.82) is 0 Å². The van der Waals surface area contributed by atoms with Crippen LogP contribution < -0.4 is 10.6 Å². The zero-order valence-electron chi connectivity index (χ0n) is 18.9. The lowest BCUT2D eigenvalue weighted by molar-refractivity contribution is -0.119. The van der Waals surface area contributed by atoms with Gasteiger partial charge in [-0.2, -0.15) is 5.10 Å². The molecule has 1 aliphatic carbocycles. The lowest BCUT2D eigenvalue weighted by Gasteiger charge is -2.17. The summed E-state index contributed by atoms with van der Waals surface area (Å²) in [6.07, 6.45) is 1.12. The van der Waals surface area contributed by atoms with Crippen molar-refractivity contribution in [2.75, 3.05) is 18.5 Å². The van der Waals surface area contributed by atoms with Gasteiger partial charge in [0.25, 0.3) is 0 Å². The number of carboxylic acids is 1. The van der Waals surface area contributed by atoms with Crippen molar-refractivity contribution in [3.05, 3.63) is 71.5 Å². The third-order valence-electron chi connectivity index (χ3n) is 6.10. The highest BCUT2D eigenvalue weighted by molar-refractivity contribution is 6.00. The molecule has 0 bridgehead atoms. The van der Waals surface area contributed by atoms with Crippen LogP contribution in [0.2, 0.25) is 0 Å². The number of carbonyl (C=O) groups is 3. The van der Waals surface area contributed by atoms with Crippen molar-refractivity contribution in [3.63, 3.8) is 0 Å². The molecule has 9 heteroatoms. The van der Waals surface area contributed by atoms with Crippen molar-refractivity contribution in [2.24, 2.45) is 13.0 Å². The maximum absolute atomic E-state index is 12.6. The Morgan fingerprint density at radius 1 is 1.09 bits per heavy atom. The van der Waals surface area contributed by atoms with Crippen LogP contribution in [-0.2, 0) is 16.6 Å². The second kappa shape index (κ2) is 9.78. The minimum absolute atomic E-state index is 0.0524. The van der Waals surface area contributed by atoms with E-state index in [2.05, 4.69) is 27.9 Å². The molecule has 2 amide bonds. The van der Waals surface area contributed by atoms with Gasteiger partial charge < -0.3 is 20.5 Å². The Labute approximate surface area is 196 Å². The summed E-state index contributed by atoms with van der Waals surface area (Å²) in [6.45, 7) is 2.05. The van der Waals surface area contributed by atoms with Crippen LogP contribution in [0.15, 0.2) is 54.7 Å². The molecule has 176 valence electrons. The molecule has 0 spiro atoms. The quantitative estimate of drug-likeness (QED) is 0.470. The Morgan fingerprint density at radius 2 is 1.71 bits per heavy atom. The number of carbonyl (C=O) groups excluding carboxylic acids is 2. The number of anilines is 1. The summed E-state index contributed by atoms with van der Waals surface area (Å²) in [5.74, 6) is -2.22. The molecule has 0 radical (unpaired) electrons. The highest BCUT2D eigenvalue weighted by Gasteiger charge is 2.29. The van der Waals surface area contributed by atoms with E-state index in [1.54, 1.807) is 0 Å². The summed E-state index contributed by atoms with van der Waals surface area (Å²) in [7, 11) is 1.48. The highest BCUT2D eigenvalue weighted by atomic mass is 16.5. The Bertz CT molecular complexity index is 1190. The molecule has 1 atom stereocenters. The van der Waals surface area contributed by atoms with Crippen LogP contribution in [0, 0.1) is 5.92 Å². The fourth-order valence-electron chi connectivity index (χ4n) is 4.30. The fourth-order valence-corrected chi connectivity index (χ4v) is 4.30. The number of fused-ring (bicyclic) bond motifs is 3. The topological polar surface area (TPSA) is 123 Å². The summed E-state index contributed by atoms with van der Waals surface area (Å²) in [5.41, 5.74) is 4.52. The Morgan fingerprint density at radius 3 is 2.29 bits per heavy atom. The molecule has 1 aromatic heterocycles. The number of nitrogens with one attached hydrogen (secondary N) is 2. The molecule has 0 saturated carbocycles. The number of ether oxygens (including phenoxy) is 1. The lowest BCUT2D eigenvalue weighted by Crippen LogP contribution is -2.36. The third-order valence-corrected chi connectivity index (χ3v) is 6.10. The van der Waals surface area contributed by atoms with Crippen molar-refractivity contribution in [1.82, 2.24) is 15.1 Å². The molecular formula is C25H26N4O5. The molecule has 1 aliphatic rings. The maximum Gasteiger partial charge on any atom is 0.407 e. The van der Waals surface area contributed by atoms with Crippen molar-refractivity contribution in [3.8, 4) is 11.1 Å². The zero-order valence-corrected chi connectivity index (χ0v) is 18.9.